The van der Waals surface area contributed by atoms with E-state index in [-0.39, 0.29) is 6.61 Å². The fourth-order valence-electron chi connectivity index (χ4n) is 1.41. The number of hydrogen-bond acceptors (Lipinski definition) is 8. The van der Waals surface area contributed by atoms with Gasteiger partial charge in [-0.2, -0.15) is 0 Å². The largest absolute Gasteiger partial charge is 0.726 e. The molecule has 0 saturated carbocycles. The molecule has 10 heteroatoms. The third-order valence-corrected chi connectivity index (χ3v) is 2.72. The first-order chi connectivity index (χ1) is 7.85. The van der Waals surface area contributed by atoms with Gasteiger partial charge in [-0.15, -0.1) is 0 Å². The van der Waals surface area contributed by atoms with Crippen molar-refractivity contribution >= 4 is 16.8 Å². The summed E-state index contributed by atoms with van der Waals surface area (Å²) in [5, 5.41) is 21.3. The molecule has 4 atom stereocenters. The average molecular weight is 270 g/mol. The van der Waals surface area contributed by atoms with Crippen LogP contribution in [0.2, 0.25) is 0 Å². The molecule has 0 aromatic rings. The van der Waals surface area contributed by atoms with E-state index >= 15 is 0 Å². The van der Waals surface area contributed by atoms with Gasteiger partial charge in [0.05, 0.1) is 19.3 Å². The number of hydrogen-bond donors (Lipinski definition) is 3. The minimum Gasteiger partial charge on any atom is -0.726 e. The lowest BCUT2D eigenvalue weighted by molar-refractivity contribution is -0.160. The van der Waals surface area contributed by atoms with Crippen LogP contribution in [0.5, 0.6) is 0 Å². The van der Waals surface area contributed by atoms with Crippen molar-refractivity contribution < 1.29 is 36.9 Å². The number of amides is 1. The van der Waals surface area contributed by atoms with Gasteiger partial charge in [0.1, 0.15) is 18.3 Å². The highest BCUT2D eigenvalue weighted by molar-refractivity contribution is 7.80. The van der Waals surface area contributed by atoms with Gasteiger partial charge in [-0.05, 0) is 0 Å². The van der Waals surface area contributed by atoms with Gasteiger partial charge in [0.2, 0.25) is 16.8 Å². The predicted molar refractivity (Wildman–Crippen MR) is 50.4 cm³/mol. The maximum absolute atomic E-state index is 10.2. The van der Waals surface area contributed by atoms with E-state index in [1.54, 1.807) is 0 Å². The van der Waals surface area contributed by atoms with Crippen LogP contribution in [0.4, 0.5) is 0 Å². The Hall–Kier alpha value is -0.780. The molecule has 17 heavy (non-hydrogen) atoms. The third-order valence-electron chi connectivity index (χ3n) is 2.29. The molecule has 100 valence electrons. The third kappa shape index (κ3) is 4.18. The maximum atomic E-state index is 10.2. The molecule has 0 spiro atoms. The van der Waals surface area contributed by atoms with Crippen molar-refractivity contribution in [3.63, 3.8) is 0 Å². The predicted octanol–water partition coefficient (Wildman–Crippen LogP) is -3.30. The molecule has 0 aliphatic carbocycles. The molecule has 1 heterocycles. The van der Waals surface area contributed by atoms with Crippen LogP contribution < -0.4 is 5.32 Å². The van der Waals surface area contributed by atoms with Crippen molar-refractivity contribution in [3.8, 4) is 0 Å². The van der Waals surface area contributed by atoms with Gasteiger partial charge in [0, 0.05) is 0 Å². The van der Waals surface area contributed by atoms with Crippen molar-refractivity contribution in [3.05, 3.63) is 0 Å². The summed E-state index contributed by atoms with van der Waals surface area (Å²) < 4.78 is 39.5. The second-order valence-electron chi connectivity index (χ2n) is 3.44. The summed E-state index contributed by atoms with van der Waals surface area (Å²) in [5.74, 6) is 0. The Morgan fingerprint density at radius 2 is 2.12 bits per heavy atom. The van der Waals surface area contributed by atoms with E-state index in [4.69, 9.17) is 4.74 Å². The monoisotopic (exact) mass is 270 g/mol. The normalized spacial score (nSPS) is 34.3. The Labute approximate surface area is 97.3 Å². The minimum absolute atomic E-state index is 0.135. The van der Waals surface area contributed by atoms with Crippen molar-refractivity contribution in [2.75, 3.05) is 13.2 Å². The molecule has 0 radical (unpaired) electrons. The molecule has 1 aliphatic rings. The highest BCUT2D eigenvalue weighted by Crippen LogP contribution is 2.16. The molecule has 1 fully saturated rings. The van der Waals surface area contributed by atoms with Gasteiger partial charge in [-0.3, -0.25) is 8.98 Å². The van der Waals surface area contributed by atoms with Crippen LogP contribution in [0.3, 0.4) is 0 Å². The van der Waals surface area contributed by atoms with E-state index in [2.05, 4.69) is 9.50 Å². The van der Waals surface area contributed by atoms with E-state index < -0.39 is 41.4 Å². The number of aliphatic hydroxyl groups is 2. The zero-order valence-electron chi connectivity index (χ0n) is 8.55. The maximum Gasteiger partial charge on any atom is 0.217 e. The second kappa shape index (κ2) is 5.71. The Kier molecular flexibility index (Phi) is 4.80. The Morgan fingerprint density at radius 3 is 2.65 bits per heavy atom. The highest BCUT2D eigenvalue weighted by Gasteiger charge is 2.38. The number of nitrogens with one attached hydrogen (secondary N) is 1. The first-order valence-corrected chi connectivity index (χ1v) is 5.96. The summed E-state index contributed by atoms with van der Waals surface area (Å²) in [4.78, 5) is 10.2. The van der Waals surface area contributed by atoms with Crippen LogP contribution in [0, 0.1) is 0 Å². The molecule has 0 bridgehead atoms. The summed E-state index contributed by atoms with van der Waals surface area (Å²) in [7, 11) is -4.88. The summed E-state index contributed by atoms with van der Waals surface area (Å²) in [6.45, 7) is -0.832. The SMILES string of the molecule is O=CNC1COC(COS(=O)(=O)[O-])[C@@H](O)[C@H]1O. The lowest BCUT2D eigenvalue weighted by Crippen LogP contribution is -2.59. The molecule has 1 amide bonds. The lowest BCUT2D eigenvalue weighted by Gasteiger charge is -2.37. The second-order valence-corrected chi connectivity index (χ2v) is 4.49. The molecular weight excluding hydrogens is 258 g/mol. The zero-order chi connectivity index (χ0) is 13.1. The van der Waals surface area contributed by atoms with Crippen LogP contribution in [0.15, 0.2) is 0 Å². The van der Waals surface area contributed by atoms with E-state index in [0.29, 0.717) is 6.41 Å². The smallest absolute Gasteiger partial charge is 0.217 e. The number of rotatable bonds is 5. The summed E-state index contributed by atoms with van der Waals surface area (Å²) in [6, 6.07) is -0.803. The lowest BCUT2D eigenvalue weighted by atomic mass is 9.99. The van der Waals surface area contributed by atoms with E-state index in [1.807, 2.05) is 0 Å². The van der Waals surface area contributed by atoms with Gasteiger partial charge >= 0.3 is 0 Å². The molecule has 3 N–H and O–H groups in total. The van der Waals surface area contributed by atoms with E-state index in [1.165, 1.54) is 0 Å². The zero-order valence-corrected chi connectivity index (χ0v) is 9.37. The van der Waals surface area contributed by atoms with Crippen molar-refractivity contribution in [1.82, 2.24) is 5.32 Å². The fourth-order valence-corrected chi connectivity index (χ4v) is 1.71. The first kappa shape index (κ1) is 14.3. The van der Waals surface area contributed by atoms with Gasteiger partial charge in [0.25, 0.3) is 0 Å². The number of carbonyl (C=O) groups is 1. The summed E-state index contributed by atoms with van der Waals surface area (Å²) >= 11 is 0. The van der Waals surface area contributed by atoms with Crippen molar-refractivity contribution in [1.29, 1.82) is 0 Å². The fraction of sp³-hybridized carbons (Fsp3) is 0.857. The van der Waals surface area contributed by atoms with Crippen LogP contribution in [0.1, 0.15) is 0 Å². The molecule has 9 nitrogen and oxygen atoms in total. The van der Waals surface area contributed by atoms with Gasteiger partial charge < -0.3 is 24.8 Å². The Balaban J connectivity index is 2.53. The summed E-state index contributed by atoms with van der Waals surface area (Å²) in [6.07, 6.45) is -3.62. The molecule has 0 aromatic heterocycles. The Morgan fingerprint density at radius 1 is 1.47 bits per heavy atom. The molecule has 1 saturated heterocycles. The molecule has 1 aliphatic heterocycles. The van der Waals surface area contributed by atoms with E-state index in [0.717, 1.165) is 0 Å². The summed E-state index contributed by atoms with van der Waals surface area (Å²) in [5.41, 5.74) is 0. The van der Waals surface area contributed by atoms with Gasteiger partial charge in [-0.25, -0.2) is 8.42 Å². The topological polar surface area (TPSA) is 145 Å². The highest BCUT2D eigenvalue weighted by atomic mass is 32.3. The molecule has 0 aromatic carbocycles. The van der Waals surface area contributed by atoms with Crippen LogP contribution in [0.25, 0.3) is 0 Å². The van der Waals surface area contributed by atoms with Crippen molar-refractivity contribution in [2.45, 2.75) is 24.4 Å². The van der Waals surface area contributed by atoms with Gasteiger partial charge in [0.15, 0.2) is 0 Å². The van der Waals surface area contributed by atoms with Crippen LogP contribution >= 0.6 is 0 Å². The molecule has 1 rings (SSSR count). The van der Waals surface area contributed by atoms with Crippen LogP contribution in [-0.4, -0.2) is 67.2 Å². The Bertz CT molecular complexity index is 357. The average Bonchev–Trinajstić information content (AvgIpc) is 2.23. The van der Waals surface area contributed by atoms with Gasteiger partial charge in [-0.1, -0.05) is 0 Å². The number of aliphatic hydroxyl groups excluding tert-OH is 2. The van der Waals surface area contributed by atoms with Crippen molar-refractivity contribution in [2.24, 2.45) is 0 Å². The number of carbonyl (C=O) groups excluding carboxylic acids is 1. The van der Waals surface area contributed by atoms with E-state index in [9.17, 15) is 28.0 Å². The number of ether oxygens (including phenoxy) is 1. The molecule has 2 unspecified atom stereocenters. The van der Waals surface area contributed by atoms with Crippen LogP contribution in [-0.2, 0) is 24.1 Å². The molecular formula is C7H12NO8S-. The first-order valence-electron chi connectivity index (χ1n) is 4.63. The standard InChI is InChI=1S/C7H13NO8S/c9-3-8-4-1-15-5(7(11)6(4)10)2-16-17(12,13)14/h3-7,10-11H,1-2H2,(H,8,9)(H,12,13,14)/p-1/t4?,5?,6-,7+/m0/s1. The minimum atomic E-state index is -4.88. The quantitative estimate of drug-likeness (QED) is 0.267.